The van der Waals surface area contributed by atoms with Gasteiger partial charge in [-0.15, -0.1) is 0 Å². The summed E-state index contributed by atoms with van der Waals surface area (Å²) in [5.41, 5.74) is 3.28. The maximum Gasteiger partial charge on any atom is 0.329 e. The standard InChI is InChI=1S/C19H25O3P/c1-3-17(13-15(2)18-7-5-4-6-8-18)19-11-9-16(10-12-19)14-23(20,21)22/h4-12,15,17H,3,13-14H2,1-2H3,(H2,20,21,22). The van der Waals surface area contributed by atoms with Crippen LogP contribution < -0.4 is 0 Å². The molecule has 2 rings (SSSR count). The Morgan fingerprint density at radius 1 is 0.957 bits per heavy atom. The van der Waals surface area contributed by atoms with Crippen molar-refractivity contribution in [2.75, 3.05) is 0 Å². The summed E-state index contributed by atoms with van der Waals surface area (Å²) in [5, 5.41) is 0. The van der Waals surface area contributed by atoms with Crippen molar-refractivity contribution < 1.29 is 14.4 Å². The monoisotopic (exact) mass is 332 g/mol. The summed E-state index contributed by atoms with van der Waals surface area (Å²) in [6.45, 7) is 4.44. The summed E-state index contributed by atoms with van der Waals surface area (Å²) < 4.78 is 11.1. The Balaban J connectivity index is 2.07. The Morgan fingerprint density at radius 2 is 1.57 bits per heavy atom. The highest BCUT2D eigenvalue weighted by Gasteiger charge is 2.17. The summed E-state index contributed by atoms with van der Waals surface area (Å²) in [6.07, 6.45) is 1.93. The van der Waals surface area contributed by atoms with Gasteiger partial charge in [0.25, 0.3) is 0 Å². The van der Waals surface area contributed by atoms with Gasteiger partial charge in [-0.2, -0.15) is 0 Å². The Hall–Kier alpha value is -1.41. The molecular weight excluding hydrogens is 307 g/mol. The Bertz CT molecular complexity index is 646. The Morgan fingerprint density at radius 3 is 2.09 bits per heavy atom. The van der Waals surface area contributed by atoms with E-state index in [0.29, 0.717) is 17.4 Å². The van der Waals surface area contributed by atoms with Gasteiger partial charge in [0.1, 0.15) is 0 Å². The molecule has 2 aromatic rings. The van der Waals surface area contributed by atoms with Crippen molar-refractivity contribution in [3.05, 3.63) is 71.3 Å². The molecule has 0 spiro atoms. The summed E-state index contributed by atoms with van der Waals surface area (Å²) in [6, 6.07) is 18.2. The van der Waals surface area contributed by atoms with Crippen LogP contribution in [0.3, 0.4) is 0 Å². The van der Waals surface area contributed by atoms with Crippen LogP contribution in [0.15, 0.2) is 54.6 Å². The van der Waals surface area contributed by atoms with E-state index in [1.165, 1.54) is 11.1 Å². The van der Waals surface area contributed by atoms with E-state index in [0.717, 1.165) is 12.8 Å². The largest absolute Gasteiger partial charge is 0.329 e. The van der Waals surface area contributed by atoms with Crippen molar-refractivity contribution in [2.45, 2.75) is 44.7 Å². The Kier molecular flexibility index (Phi) is 6.17. The van der Waals surface area contributed by atoms with Crippen LogP contribution in [-0.4, -0.2) is 9.79 Å². The van der Waals surface area contributed by atoms with Gasteiger partial charge < -0.3 is 9.79 Å². The molecule has 2 atom stereocenters. The average molecular weight is 332 g/mol. The molecule has 0 heterocycles. The molecule has 3 nitrogen and oxygen atoms in total. The van der Waals surface area contributed by atoms with E-state index >= 15 is 0 Å². The summed E-state index contributed by atoms with van der Waals surface area (Å²) in [4.78, 5) is 18.1. The molecule has 124 valence electrons. The molecule has 0 saturated carbocycles. The van der Waals surface area contributed by atoms with Gasteiger partial charge in [0.05, 0.1) is 6.16 Å². The lowest BCUT2D eigenvalue weighted by molar-refractivity contribution is 0.371. The van der Waals surface area contributed by atoms with E-state index in [1.54, 1.807) is 0 Å². The van der Waals surface area contributed by atoms with Gasteiger partial charge >= 0.3 is 7.60 Å². The van der Waals surface area contributed by atoms with Crippen molar-refractivity contribution in [3.63, 3.8) is 0 Å². The first-order chi connectivity index (χ1) is 10.9. The zero-order valence-electron chi connectivity index (χ0n) is 13.7. The van der Waals surface area contributed by atoms with Gasteiger partial charge in [-0.05, 0) is 41.4 Å². The summed E-state index contributed by atoms with van der Waals surface area (Å²) in [7, 11) is -4.00. The fourth-order valence-electron chi connectivity index (χ4n) is 3.02. The van der Waals surface area contributed by atoms with Crippen LogP contribution in [0, 0.1) is 0 Å². The molecule has 0 bridgehead atoms. The molecule has 0 aliphatic carbocycles. The summed E-state index contributed by atoms with van der Waals surface area (Å²) in [5.74, 6) is 0.935. The lowest BCUT2D eigenvalue weighted by Crippen LogP contribution is -2.04. The number of hydrogen-bond acceptors (Lipinski definition) is 1. The van der Waals surface area contributed by atoms with E-state index in [4.69, 9.17) is 9.79 Å². The highest BCUT2D eigenvalue weighted by atomic mass is 31.2. The lowest BCUT2D eigenvalue weighted by Gasteiger charge is -2.21. The maximum atomic E-state index is 11.1. The lowest BCUT2D eigenvalue weighted by atomic mass is 9.84. The predicted octanol–water partition coefficient (Wildman–Crippen LogP) is 5.05. The van der Waals surface area contributed by atoms with Gasteiger partial charge in [-0.1, -0.05) is 68.4 Å². The van der Waals surface area contributed by atoms with Crippen LogP contribution in [0.4, 0.5) is 0 Å². The molecule has 0 aliphatic heterocycles. The van der Waals surface area contributed by atoms with Gasteiger partial charge in [0.2, 0.25) is 0 Å². The summed E-state index contributed by atoms with van der Waals surface area (Å²) >= 11 is 0. The highest BCUT2D eigenvalue weighted by Crippen LogP contribution is 2.39. The SMILES string of the molecule is CCC(CC(C)c1ccccc1)c1ccc(CP(=O)(O)O)cc1. The highest BCUT2D eigenvalue weighted by molar-refractivity contribution is 7.50. The number of benzene rings is 2. The molecule has 0 radical (unpaired) electrons. The van der Waals surface area contributed by atoms with E-state index in [1.807, 2.05) is 30.3 Å². The molecule has 23 heavy (non-hydrogen) atoms. The quantitative estimate of drug-likeness (QED) is 0.697. The van der Waals surface area contributed by atoms with Gasteiger partial charge in [-0.3, -0.25) is 4.57 Å². The molecule has 2 N–H and O–H groups in total. The smallest absolute Gasteiger partial charge is 0.324 e. The third-order valence-electron chi connectivity index (χ3n) is 4.34. The number of hydrogen-bond donors (Lipinski definition) is 2. The fourth-order valence-corrected chi connectivity index (χ4v) is 3.70. The van der Waals surface area contributed by atoms with Crippen LogP contribution in [0.2, 0.25) is 0 Å². The third-order valence-corrected chi connectivity index (χ3v) is 5.12. The molecule has 0 amide bonds. The fraction of sp³-hybridized carbons (Fsp3) is 0.368. The minimum absolute atomic E-state index is 0.190. The first-order valence-electron chi connectivity index (χ1n) is 8.07. The molecule has 2 aromatic carbocycles. The van der Waals surface area contributed by atoms with Crippen molar-refractivity contribution in [3.8, 4) is 0 Å². The normalized spacial score (nSPS) is 14.4. The average Bonchev–Trinajstić information content (AvgIpc) is 2.52. The molecule has 0 aromatic heterocycles. The second-order valence-corrected chi connectivity index (χ2v) is 7.86. The van der Waals surface area contributed by atoms with E-state index in [9.17, 15) is 4.57 Å². The molecule has 0 saturated heterocycles. The molecule has 0 aliphatic rings. The second-order valence-electron chi connectivity index (χ2n) is 6.22. The van der Waals surface area contributed by atoms with Crippen LogP contribution >= 0.6 is 7.60 Å². The number of rotatable bonds is 7. The van der Waals surface area contributed by atoms with E-state index in [2.05, 4.69) is 38.1 Å². The van der Waals surface area contributed by atoms with Gasteiger partial charge in [-0.25, -0.2) is 0 Å². The van der Waals surface area contributed by atoms with E-state index < -0.39 is 7.60 Å². The molecule has 0 fully saturated rings. The van der Waals surface area contributed by atoms with Crippen LogP contribution in [-0.2, 0) is 10.7 Å². The second kappa shape index (κ2) is 7.92. The molecule has 4 heteroatoms. The van der Waals surface area contributed by atoms with Crippen LogP contribution in [0.1, 0.15) is 55.2 Å². The Labute approximate surface area is 138 Å². The molecule has 2 unspecified atom stereocenters. The first-order valence-corrected chi connectivity index (χ1v) is 9.87. The van der Waals surface area contributed by atoms with Crippen molar-refractivity contribution >= 4 is 7.60 Å². The minimum Gasteiger partial charge on any atom is -0.324 e. The van der Waals surface area contributed by atoms with Crippen LogP contribution in [0.5, 0.6) is 0 Å². The third kappa shape index (κ3) is 5.62. The van der Waals surface area contributed by atoms with Crippen molar-refractivity contribution in [1.29, 1.82) is 0 Å². The van der Waals surface area contributed by atoms with E-state index in [-0.39, 0.29) is 6.16 Å². The van der Waals surface area contributed by atoms with Crippen molar-refractivity contribution in [2.24, 2.45) is 0 Å². The van der Waals surface area contributed by atoms with Gasteiger partial charge in [0, 0.05) is 0 Å². The first kappa shape index (κ1) is 17.9. The topological polar surface area (TPSA) is 57.5 Å². The molecular formula is C19H25O3P. The maximum absolute atomic E-state index is 11.1. The van der Waals surface area contributed by atoms with Crippen LogP contribution in [0.25, 0.3) is 0 Å². The van der Waals surface area contributed by atoms with Crippen molar-refractivity contribution in [1.82, 2.24) is 0 Å². The predicted molar refractivity (Wildman–Crippen MR) is 94.7 cm³/mol. The minimum atomic E-state index is -4.00. The zero-order valence-corrected chi connectivity index (χ0v) is 14.6. The van der Waals surface area contributed by atoms with Gasteiger partial charge in [0.15, 0.2) is 0 Å². The zero-order chi connectivity index (χ0) is 16.9.